The summed E-state index contributed by atoms with van der Waals surface area (Å²) in [6.45, 7) is 1.86. The van der Waals surface area contributed by atoms with Gasteiger partial charge in [-0.15, -0.1) is 10.2 Å². The second-order valence-corrected chi connectivity index (χ2v) is 7.45. The molecule has 0 spiro atoms. The summed E-state index contributed by atoms with van der Waals surface area (Å²) in [7, 11) is 0. The molecule has 0 fully saturated rings. The van der Waals surface area contributed by atoms with E-state index in [0.29, 0.717) is 26.8 Å². The quantitative estimate of drug-likeness (QED) is 0.414. The van der Waals surface area contributed by atoms with Crippen LogP contribution in [0.15, 0.2) is 58.5 Å². The number of hydrogen-bond acceptors (Lipinski definition) is 6. The van der Waals surface area contributed by atoms with Gasteiger partial charge in [0, 0.05) is 29.8 Å². The highest BCUT2D eigenvalue weighted by molar-refractivity contribution is 7.98. The third-order valence-electron chi connectivity index (χ3n) is 3.76. The number of nitrogens with zero attached hydrogens (tertiary/aromatic N) is 5. The molecule has 1 aromatic carbocycles. The summed E-state index contributed by atoms with van der Waals surface area (Å²) >= 11 is 13.8. The van der Waals surface area contributed by atoms with E-state index in [-0.39, 0.29) is 0 Å². The smallest absolute Gasteiger partial charge is 0.196 e. The third kappa shape index (κ3) is 3.85. The summed E-state index contributed by atoms with van der Waals surface area (Å²) in [4.78, 5) is 4.06. The van der Waals surface area contributed by atoms with Crippen LogP contribution in [0, 0.1) is 6.92 Å². The maximum Gasteiger partial charge on any atom is 0.196 e. The molecule has 3 heterocycles. The second-order valence-electron chi connectivity index (χ2n) is 5.69. The topological polar surface area (TPSA) is 69.6 Å². The normalized spacial score (nSPS) is 11.1. The molecule has 0 N–H and O–H groups in total. The van der Waals surface area contributed by atoms with E-state index in [2.05, 4.69) is 20.3 Å². The van der Waals surface area contributed by atoms with Gasteiger partial charge in [0.2, 0.25) is 0 Å². The zero-order valence-electron chi connectivity index (χ0n) is 14.1. The van der Waals surface area contributed by atoms with E-state index in [0.717, 1.165) is 22.7 Å². The highest BCUT2D eigenvalue weighted by Crippen LogP contribution is 2.32. The predicted octanol–water partition coefficient (Wildman–Crippen LogP) is 5.22. The van der Waals surface area contributed by atoms with E-state index in [1.807, 2.05) is 35.8 Å². The van der Waals surface area contributed by atoms with Gasteiger partial charge in [0.1, 0.15) is 5.76 Å². The molecule has 27 heavy (non-hydrogen) atoms. The molecule has 0 aliphatic heterocycles. The lowest BCUT2D eigenvalue weighted by molar-refractivity contribution is 0.393. The number of hydrogen-bond donors (Lipinski definition) is 0. The maximum absolute atomic E-state index is 6.23. The summed E-state index contributed by atoms with van der Waals surface area (Å²) < 4.78 is 7.07. The van der Waals surface area contributed by atoms with Crippen molar-refractivity contribution >= 4 is 35.0 Å². The van der Waals surface area contributed by atoms with E-state index in [4.69, 9.17) is 27.7 Å². The van der Waals surface area contributed by atoms with Crippen molar-refractivity contribution in [1.29, 1.82) is 0 Å². The maximum atomic E-state index is 6.23. The van der Waals surface area contributed by atoms with Crippen LogP contribution in [0.1, 0.15) is 11.5 Å². The standard InChI is InChI=1S/C18H13Cl2N5OS/c1-11-8-13(24-26-11)10-27-18-23-22-17(12-4-6-21-7-5-12)25(18)14-2-3-15(19)16(20)9-14/h2-9H,10H2,1H3. The van der Waals surface area contributed by atoms with Crippen LogP contribution >= 0.6 is 35.0 Å². The number of benzene rings is 1. The monoisotopic (exact) mass is 417 g/mol. The van der Waals surface area contributed by atoms with Gasteiger partial charge in [0.05, 0.1) is 21.4 Å². The Balaban J connectivity index is 1.76. The summed E-state index contributed by atoms with van der Waals surface area (Å²) in [6.07, 6.45) is 3.43. The van der Waals surface area contributed by atoms with Crippen molar-refractivity contribution in [3.05, 3.63) is 70.3 Å². The summed E-state index contributed by atoms with van der Waals surface area (Å²) in [6, 6.07) is 11.1. The van der Waals surface area contributed by atoms with Crippen molar-refractivity contribution in [1.82, 2.24) is 24.9 Å². The highest BCUT2D eigenvalue weighted by atomic mass is 35.5. The van der Waals surface area contributed by atoms with E-state index in [1.54, 1.807) is 24.5 Å². The fraction of sp³-hybridized carbons (Fsp3) is 0.111. The Labute approximate surface area is 169 Å². The molecule has 0 unspecified atom stereocenters. The number of thioether (sulfide) groups is 1. The van der Waals surface area contributed by atoms with Crippen LogP contribution in [0.25, 0.3) is 17.1 Å². The molecular formula is C18H13Cl2N5OS. The first-order valence-corrected chi connectivity index (χ1v) is 9.72. The zero-order valence-corrected chi connectivity index (χ0v) is 16.5. The molecule has 0 atom stereocenters. The molecule has 136 valence electrons. The minimum Gasteiger partial charge on any atom is -0.361 e. The lowest BCUT2D eigenvalue weighted by Crippen LogP contribution is -2.00. The van der Waals surface area contributed by atoms with Gasteiger partial charge in [-0.1, -0.05) is 40.1 Å². The molecule has 0 saturated carbocycles. The van der Waals surface area contributed by atoms with Crippen molar-refractivity contribution in [2.24, 2.45) is 0 Å². The second kappa shape index (κ2) is 7.72. The lowest BCUT2D eigenvalue weighted by Gasteiger charge is -2.11. The molecule has 9 heteroatoms. The molecule has 0 radical (unpaired) electrons. The average Bonchev–Trinajstić information content (AvgIpc) is 3.29. The number of aromatic nitrogens is 5. The van der Waals surface area contributed by atoms with Crippen LogP contribution < -0.4 is 0 Å². The molecule has 0 amide bonds. The first kappa shape index (κ1) is 18.0. The molecule has 3 aromatic heterocycles. The number of pyridine rings is 1. The third-order valence-corrected chi connectivity index (χ3v) is 5.46. The molecule has 4 aromatic rings. The fourth-order valence-corrected chi connectivity index (χ4v) is 3.66. The molecule has 4 rings (SSSR count). The molecule has 0 saturated heterocycles. The van der Waals surface area contributed by atoms with Crippen LogP contribution in [0.4, 0.5) is 0 Å². The Morgan fingerprint density at radius 2 is 1.85 bits per heavy atom. The number of aryl methyl sites for hydroxylation is 1. The van der Waals surface area contributed by atoms with Gasteiger partial charge in [0.15, 0.2) is 11.0 Å². The minimum absolute atomic E-state index is 0.464. The molecule has 0 bridgehead atoms. The molecule has 0 aliphatic carbocycles. The van der Waals surface area contributed by atoms with Crippen LogP contribution in [0.5, 0.6) is 0 Å². The fourth-order valence-electron chi connectivity index (χ4n) is 2.53. The highest BCUT2D eigenvalue weighted by Gasteiger charge is 2.17. The van der Waals surface area contributed by atoms with Gasteiger partial charge >= 0.3 is 0 Å². The van der Waals surface area contributed by atoms with Crippen molar-refractivity contribution in [3.63, 3.8) is 0 Å². The van der Waals surface area contributed by atoms with Gasteiger partial charge in [-0.05, 0) is 37.3 Å². The van der Waals surface area contributed by atoms with Crippen LogP contribution in [-0.2, 0) is 5.75 Å². The van der Waals surface area contributed by atoms with Gasteiger partial charge < -0.3 is 4.52 Å². The van der Waals surface area contributed by atoms with E-state index < -0.39 is 0 Å². The van der Waals surface area contributed by atoms with Crippen molar-refractivity contribution in [2.75, 3.05) is 0 Å². The largest absolute Gasteiger partial charge is 0.361 e. The Hall–Kier alpha value is -2.35. The molecular weight excluding hydrogens is 405 g/mol. The van der Waals surface area contributed by atoms with Gasteiger partial charge in [-0.3, -0.25) is 9.55 Å². The Morgan fingerprint density at radius 3 is 2.56 bits per heavy atom. The first-order valence-electron chi connectivity index (χ1n) is 7.98. The van der Waals surface area contributed by atoms with E-state index in [1.165, 1.54) is 11.8 Å². The van der Waals surface area contributed by atoms with E-state index in [9.17, 15) is 0 Å². The Kier molecular flexibility index (Phi) is 5.15. The first-order chi connectivity index (χ1) is 13.1. The molecule has 6 nitrogen and oxygen atoms in total. The van der Waals surface area contributed by atoms with Crippen molar-refractivity contribution in [2.45, 2.75) is 17.8 Å². The zero-order chi connectivity index (χ0) is 18.8. The van der Waals surface area contributed by atoms with Crippen LogP contribution in [0.2, 0.25) is 10.0 Å². The van der Waals surface area contributed by atoms with Gasteiger partial charge in [0.25, 0.3) is 0 Å². The van der Waals surface area contributed by atoms with E-state index >= 15 is 0 Å². The van der Waals surface area contributed by atoms with Gasteiger partial charge in [-0.25, -0.2) is 0 Å². The van der Waals surface area contributed by atoms with Crippen molar-refractivity contribution < 1.29 is 4.52 Å². The SMILES string of the molecule is Cc1cc(CSc2nnc(-c3ccncc3)n2-c2ccc(Cl)c(Cl)c2)no1. The summed E-state index contributed by atoms with van der Waals surface area (Å²) in [5.74, 6) is 2.07. The summed E-state index contributed by atoms with van der Waals surface area (Å²) in [5.41, 5.74) is 2.55. The number of halogens is 2. The predicted molar refractivity (Wildman–Crippen MR) is 105 cm³/mol. The Bertz CT molecular complexity index is 1080. The van der Waals surface area contributed by atoms with Crippen molar-refractivity contribution in [3.8, 4) is 17.1 Å². The van der Waals surface area contributed by atoms with Crippen LogP contribution in [-0.4, -0.2) is 24.9 Å². The van der Waals surface area contributed by atoms with Gasteiger partial charge in [-0.2, -0.15) is 0 Å². The Morgan fingerprint density at radius 1 is 1.04 bits per heavy atom. The molecule has 0 aliphatic rings. The summed E-state index contributed by atoms with van der Waals surface area (Å²) in [5, 5.41) is 14.4. The lowest BCUT2D eigenvalue weighted by atomic mass is 10.2. The average molecular weight is 418 g/mol. The minimum atomic E-state index is 0.464. The number of rotatable bonds is 5. The van der Waals surface area contributed by atoms with Crippen LogP contribution in [0.3, 0.4) is 0 Å².